The fraction of sp³-hybridized carbons (Fsp3) is 0.833. The number of fused-ring (bicyclic) bond motifs is 5. The van der Waals surface area contributed by atoms with Gasteiger partial charge in [0.1, 0.15) is 11.7 Å². The molecule has 10 atom stereocenters. The van der Waals surface area contributed by atoms with E-state index in [1.54, 1.807) is 0 Å². The first kappa shape index (κ1) is 25.9. The fourth-order valence-corrected chi connectivity index (χ4v) is 8.44. The number of rotatable bonds is 5. The summed E-state index contributed by atoms with van der Waals surface area (Å²) in [5.74, 6) is 2.83. The lowest BCUT2D eigenvalue weighted by Gasteiger charge is -2.62. The van der Waals surface area contributed by atoms with Crippen molar-refractivity contribution < 1.29 is 19.7 Å². The number of allylic oxidation sites excluding steroid dienone is 3. The van der Waals surface area contributed by atoms with Gasteiger partial charge < -0.3 is 14.9 Å². The lowest BCUT2D eigenvalue weighted by Crippen LogP contribution is -2.66. The first-order valence-electron chi connectivity index (χ1n) is 13.8. The van der Waals surface area contributed by atoms with Crippen LogP contribution in [-0.2, 0) is 9.53 Å². The Balaban J connectivity index is 1.67. The number of hydrogen-bond acceptors (Lipinski definition) is 4. The van der Waals surface area contributed by atoms with Crippen molar-refractivity contribution in [3.8, 4) is 0 Å². The van der Waals surface area contributed by atoms with E-state index in [2.05, 4.69) is 59.8 Å². The van der Waals surface area contributed by atoms with Crippen LogP contribution in [-0.4, -0.2) is 34.0 Å². The van der Waals surface area contributed by atoms with Crippen molar-refractivity contribution in [2.24, 2.45) is 46.3 Å². The number of carbonyl (C=O) groups excluding carboxylic acids is 1. The average Bonchev–Trinajstić information content (AvgIpc) is 3.10. The lowest BCUT2D eigenvalue weighted by atomic mass is 9.45. The van der Waals surface area contributed by atoms with Crippen molar-refractivity contribution in [1.29, 1.82) is 0 Å². The van der Waals surface area contributed by atoms with Crippen LogP contribution in [0.1, 0.15) is 93.4 Å². The Morgan fingerprint density at radius 1 is 1.06 bits per heavy atom. The molecule has 3 fully saturated rings. The Morgan fingerprint density at radius 3 is 2.41 bits per heavy atom. The van der Waals surface area contributed by atoms with Crippen LogP contribution in [0.5, 0.6) is 0 Å². The maximum absolute atomic E-state index is 12.0. The van der Waals surface area contributed by atoms with Crippen LogP contribution in [0, 0.1) is 46.3 Å². The molecular formula is C30H48O4. The Bertz CT molecular complexity index is 845. The predicted octanol–water partition coefficient (Wildman–Crippen LogP) is 6.07. The van der Waals surface area contributed by atoms with E-state index in [0.717, 1.165) is 12.8 Å². The van der Waals surface area contributed by atoms with Crippen LogP contribution in [0.25, 0.3) is 0 Å². The van der Waals surface area contributed by atoms with Gasteiger partial charge in [0, 0.05) is 18.8 Å². The second-order valence-electron chi connectivity index (χ2n) is 13.1. The van der Waals surface area contributed by atoms with E-state index >= 15 is 0 Å². The molecule has 0 saturated heterocycles. The van der Waals surface area contributed by atoms with Gasteiger partial charge >= 0.3 is 5.97 Å². The lowest BCUT2D eigenvalue weighted by molar-refractivity contribution is -0.221. The molecule has 0 aromatic rings. The zero-order valence-corrected chi connectivity index (χ0v) is 22.5. The minimum atomic E-state index is -1.21. The van der Waals surface area contributed by atoms with Gasteiger partial charge in [-0.1, -0.05) is 59.3 Å². The van der Waals surface area contributed by atoms with Gasteiger partial charge in [-0.25, -0.2) is 0 Å². The largest absolute Gasteiger partial charge is 0.455 e. The van der Waals surface area contributed by atoms with Gasteiger partial charge in [0.2, 0.25) is 0 Å². The smallest absolute Gasteiger partial charge is 0.303 e. The molecule has 0 unspecified atom stereocenters. The Morgan fingerprint density at radius 2 is 1.76 bits per heavy atom. The summed E-state index contributed by atoms with van der Waals surface area (Å²) in [4.78, 5) is 12.0. The molecule has 0 heterocycles. The topological polar surface area (TPSA) is 66.8 Å². The summed E-state index contributed by atoms with van der Waals surface area (Å²) >= 11 is 0. The zero-order chi connectivity index (χ0) is 25.1. The normalized spacial score (nSPS) is 45.8. The zero-order valence-electron chi connectivity index (χ0n) is 22.5. The van der Waals surface area contributed by atoms with Crippen molar-refractivity contribution in [3.63, 3.8) is 0 Å². The maximum atomic E-state index is 12.0. The molecule has 2 N–H and O–H groups in total. The average molecular weight is 473 g/mol. The molecular weight excluding hydrogens is 424 g/mol. The second kappa shape index (κ2) is 9.07. The molecule has 0 bridgehead atoms. The number of hydrogen-bond donors (Lipinski definition) is 2. The molecule has 4 rings (SSSR count). The molecule has 0 amide bonds. The van der Waals surface area contributed by atoms with E-state index in [1.165, 1.54) is 31.8 Å². The van der Waals surface area contributed by atoms with Gasteiger partial charge in [0.15, 0.2) is 0 Å². The van der Waals surface area contributed by atoms with Crippen LogP contribution in [0.15, 0.2) is 23.8 Å². The summed E-state index contributed by atoms with van der Waals surface area (Å²) in [5, 5.41) is 22.4. The summed E-state index contributed by atoms with van der Waals surface area (Å²) in [6.07, 6.45) is 12.2. The van der Waals surface area contributed by atoms with E-state index in [9.17, 15) is 15.0 Å². The molecule has 0 aromatic heterocycles. The van der Waals surface area contributed by atoms with Crippen LogP contribution in [0.2, 0.25) is 0 Å². The molecule has 4 nitrogen and oxygen atoms in total. The van der Waals surface area contributed by atoms with Crippen LogP contribution in [0.4, 0.5) is 0 Å². The van der Waals surface area contributed by atoms with Gasteiger partial charge in [0.05, 0.1) is 6.10 Å². The van der Waals surface area contributed by atoms with E-state index in [4.69, 9.17) is 4.74 Å². The van der Waals surface area contributed by atoms with Gasteiger partial charge in [0.25, 0.3) is 0 Å². The van der Waals surface area contributed by atoms with Crippen molar-refractivity contribution >= 4 is 5.97 Å². The first-order chi connectivity index (χ1) is 15.8. The Labute approximate surface area is 207 Å². The van der Waals surface area contributed by atoms with Gasteiger partial charge in [-0.05, 0) is 85.5 Å². The molecule has 0 radical (unpaired) electrons. The molecule has 34 heavy (non-hydrogen) atoms. The standard InChI is InChI=1S/C30H48O4/c1-18(2)19(3)8-9-20(4)24-10-11-25-23-16-27(34-21(5)31)30(33)17-22(32)12-15-29(30,7)26(23)13-14-28(24,25)6/h8-9,16,18-20,22,24-27,32-33H,10-15,17H2,1-7H3/b9-8+/t19-,20+,22-,24+,25-,26-,27+,28+,29+,30-/m0/s1. The Kier molecular flexibility index (Phi) is 6.92. The highest BCUT2D eigenvalue weighted by molar-refractivity contribution is 5.66. The minimum absolute atomic E-state index is 0.230. The number of aliphatic hydroxyl groups excluding tert-OH is 1. The summed E-state index contributed by atoms with van der Waals surface area (Å²) < 4.78 is 5.78. The van der Waals surface area contributed by atoms with Crippen LogP contribution >= 0.6 is 0 Å². The number of carbonyl (C=O) groups is 1. The third-order valence-electron chi connectivity index (χ3n) is 11.0. The molecule has 0 spiro atoms. The van der Waals surface area contributed by atoms with E-state index in [0.29, 0.717) is 41.9 Å². The number of aliphatic hydroxyl groups is 2. The van der Waals surface area contributed by atoms with Crippen LogP contribution in [0.3, 0.4) is 0 Å². The molecule has 4 aliphatic carbocycles. The third kappa shape index (κ3) is 4.01. The summed E-state index contributed by atoms with van der Waals surface area (Å²) in [7, 11) is 0. The summed E-state index contributed by atoms with van der Waals surface area (Å²) in [5.41, 5.74) is 0.0686. The van der Waals surface area contributed by atoms with Gasteiger partial charge in [-0.2, -0.15) is 0 Å². The third-order valence-corrected chi connectivity index (χ3v) is 11.0. The van der Waals surface area contributed by atoms with Crippen molar-refractivity contribution in [2.75, 3.05) is 0 Å². The van der Waals surface area contributed by atoms with Crippen molar-refractivity contribution in [2.45, 2.75) is 111 Å². The van der Waals surface area contributed by atoms with Gasteiger partial charge in [-0.3, -0.25) is 4.79 Å². The Hall–Kier alpha value is -1.13. The highest BCUT2D eigenvalue weighted by atomic mass is 16.6. The minimum Gasteiger partial charge on any atom is -0.455 e. The predicted molar refractivity (Wildman–Crippen MR) is 136 cm³/mol. The SMILES string of the molecule is CC(=O)O[C@@H]1C=C2[C@@H]3CC[C@H]([C@H](C)/C=C/[C@H](C)C(C)C)[C@@]3(C)CC[C@@H]2[C@@]2(C)CC[C@H](O)C[C@]12O. The van der Waals surface area contributed by atoms with Crippen molar-refractivity contribution in [1.82, 2.24) is 0 Å². The molecule has 3 saturated carbocycles. The molecule has 4 aliphatic rings. The number of ether oxygens (including phenoxy) is 1. The quantitative estimate of drug-likeness (QED) is 0.377. The maximum Gasteiger partial charge on any atom is 0.303 e. The van der Waals surface area contributed by atoms with E-state index in [-0.39, 0.29) is 23.2 Å². The first-order valence-corrected chi connectivity index (χ1v) is 13.8. The second-order valence-corrected chi connectivity index (χ2v) is 13.1. The summed E-state index contributed by atoms with van der Waals surface area (Å²) in [6, 6.07) is 0. The van der Waals surface area contributed by atoms with Crippen LogP contribution < -0.4 is 0 Å². The van der Waals surface area contributed by atoms with Crippen molar-refractivity contribution in [3.05, 3.63) is 23.8 Å². The highest BCUT2D eigenvalue weighted by Crippen LogP contribution is 2.67. The van der Waals surface area contributed by atoms with Gasteiger partial charge in [-0.15, -0.1) is 0 Å². The highest BCUT2D eigenvalue weighted by Gasteiger charge is 2.65. The summed E-state index contributed by atoms with van der Waals surface area (Å²) in [6.45, 7) is 15.4. The molecule has 192 valence electrons. The molecule has 0 aromatic carbocycles. The molecule has 0 aliphatic heterocycles. The monoisotopic (exact) mass is 472 g/mol. The van der Waals surface area contributed by atoms with E-state index in [1.807, 2.05) is 0 Å². The van der Waals surface area contributed by atoms with E-state index < -0.39 is 17.8 Å². The fourth-order valence-electron chi connectivity index (χ4n) is 8.44. The number of esters is 1. The molecule has 4 heteroatoms.